The molecule has 2 heterocycles. The number of ether oxygens (including phenoxy) is 1. The van der Waals surface area contributed by atoms with Gasteiger partial charge in [0.05, 0.1) is 24.6 Å². The predicted octanol–water partition coefficient (Wildman–Crippen LogP) is 1.52. The molecule has 19 heavy (non-hydrogen) atoms. The first-order chi connectivity index (χ1) is 9.20. The van der Waals surface area contributed by atoms with Crippen LogP contribution in [0.15, 0.2) is 42.9 Å². The second-order valence-electron chi connectivity index (χ2n) is 3.62. The van der Waals surface area contributed by atoms with E-state index in [2.05, 4.69) is 20.0 Å². The lowest BCUT2D eigenvalue weighted by molar-refractivity contribution is 0.0594. The minimum Gasteiger partial charge on any atom is -0.464 e. The van der Waals surface area contributed by atoms with Crippen LogP contribution >= 0.6 is 0 Å². The molecule has 0 aliphatic rings. The van der Waals surface area contributed by atoms with Crippen LogP contribution < -0.4 is 5.32 Å². The summed E-state index contributed by atoms with van der Waals surface area (Å²) >= 11 is 0. The third-order valence-electron chi connectivity index (χ3n) is 2.34. The number of esters is 1. The fourth-order valence-electron chi connectivity index (χ4n) is 1.39. The summed E-state index contributed by atoms with van der Waals surface area (Å²) in [6, 6.07) is 6.38. The van der Waals surface area contributed by atoms with Crippen molar-refractivity contribution in [1.82, 2.24) is 9.97 Å². The molecule has 0 aromatic carbocycles. The number of hydrogen-bond acceptors (Lipinski definition) is 5. The molecule has 0 aliphatic carbocycles. The molecular formula is C13H11N3O3. The third kappa shape index (κ3) is 3.12. The highest BCUT2D eigenvalue weighted by Gasteiger charge is 2.08. The van der Waals surface area contributed by atoms with E-state index < -0.39 is 5.97 Å². The summed E-state index contributed by atoms with van der Waals surface area (Å²) in [5, 5.41) is 2.65. The first-order valence-corrected chi connectivity index (χ1v) is 5.46. The molecule has 6 nitrogen and oxygen atoms in total. The quantitative estimate of drug-likeness (QED) is 0.843. The van der Waals surface area contributed by atoms with E-state index in [0.717, 1.165) is 0 Å². The number of nitrogens with zero attached hydrogens (tertiary/aromatic N) is 2. The molecule has 2 rings (SSSR count). The van der Waals surface area contributed by atoms with Crippen LogP contribution in [0, 0.1) is 0 Å². The number of carbonyl (C=O) groups excluding carboxylic acids is 2. The van der Waals surface area contributed by atoms with Crippen LogP contribution in [-0.4, -0.2) is 29.0 Å². The largest absolute Gasteiger partial charge is 0.464 e. The Balaban J connectivity index is 2.08. The van der Waals surface area contributed by atoms with Crippen LogP contribution in [0.5, 0.6) is 0 Å². The standard InChI is InChI=1S/C13H11N3O3/c1-19-13(18)11-5-4-10(8-15-11)16-12(17)9-3-2-6-14-7-9/h2-8H,1H3,(H,16,17). The van der Waals surface area contributed by atoms with Crippen LogP contribution in [0.25, 0.3) is 0 Å². The molecule has 0 saturated carbocycles. The molecule has 1 amide bonds. The zero-order valence-electron chi connectivity index (χ0n) is 10.2. The average molecular weight is 257 g/mol. The first-order valence-electron chi connectivity index (χ1n) is 5.46. The lowest BCUT2D eigenvalue weighted by atomic mass is 10.2. The number of rotatable bonds is 3. The van der Waals surface area contributed by atoms with Crippen molar-refractivity contribution in [2.24, 2.45) is 0 Å². The van der Waals surface area contributed by atoms with Gasteiger partial charge in [0.1, 0.15) is 5.69 Å². The number of anilines is 1. The van der Waals surface area contributed by atoms with Gasteiger partial charge in [-0.05, 0) is 24.3 Å². The normalized spacial score (nSPS) is 9.74. The zero-order chi connectivity index (χ0) is 13.7. The minimum absolute atomic E-state index is 0.182. The predicted molar refractivity (Wildman–Crippen MR) is 67.8 cm³/mol. The van der Waals surface area contributed by atoms with Gasteiger partial charge < -0.3 is 10.1 Å². The summed E-state index contributed by atoms with van der Waals surface area (Å²) in [6.45, 7) is 0. The fourth-order valence-corrected chi connectivity index (χ4v) is 1.39. The highest BCUT2D eigenvalue weighted by molar-refractivity contribution is 6.04. The van der Waals surface area contributed by atoms with Crippen LogP contribution in [0.3, 0.4) is 0 Å². The Kier molecular flexibility index (Phi) is 3.82. The summed E-state index contributed by atoms with van der Waals surface area (Å²) in [7, 11) is 1.28. The number of pyridine rings is 2. The zero-order valence-corrected chi connectivity index (χ0v) is 10.2. The summed E-state index contributed by atoms with van der Waals surface area (Å²) < 4.78 is 4.53. The lowest BCUT2D eigenvalue weighted by Crippen LogP contribution is -2.12. The highest BCUT2D eigenvalue weighted by Crippen LogP contribution is 2.09. The SMILES string of the molecule is COC(=O)c1ccc(NC(=O)c2cccnc2)cn1. The highest BCUT2D eigenvalue weighted by atomic mass is 16.5. The van der Waals surface area contributed by atoms with Crippen LogP contribution in [0.2, 0.25) is 0 Å². The Morgan fingerprint density at radius 3 is 2.63 bits per heavy atom. The fraction of sp³-hybridized carbons (Fsp3) is 0.0769. The van der Waals surface area contributed by atoms with Crippen LogP contribution in [-0.2, 0) is 4.74 Å². The Morgan fingerprint density at radius 2 is 2.05 bits per heavy atom. The molecule has 1 N–H and O–H groups in total. The van der Waals surface area contributed by atoms with E-state index in [4.69, 9.17) is 0 Å². The maximum Gasteiger partial charge on any atom is 0.356 e. The van der Waals surface area contributed by atoms with E-state index in [-0.39, 0.29) is 11.6 Å². The molecule has 2 aromatic rings. The molecule has 96 valence electrons. The van der Waals surface area contributed by atoms with Gasteiger partial charge in [-0.25, -0.2) is 9.78 Å². The maximum atomic E-state index is 11.8. The average Bonchev–Trinajstić information content (AvgIpc) is 2.48. The molecule has 0 atom stereocenters. The second kappa shape index (κ2) is 5.72. The topological polar surface area (TPSA) is 81.2 Å². The smallest absolute Gasteiger partial charge is 0.356 e. The van der Waals surface area contributed by atoms with Gasteiger partial charge in [-0.1, -0.05) is 0 Å². The molecule has 6 heteroatoms. The lowest BCUT2D eigenvalue weighted by Gasteiger charge is -2.05. The van der Waals surface area contributed by atoms with Crippen molar-refractivity contribution in [3.05, 3.63) is 54.1 Å². The van der Waals surface area contributed by atoms with Crippen molar-refractivity contribution in [2.45, 2.75) is 0 Å². The third-order valence-corrected chi connectivity index (χ3v) is 2.34. The molecular weight excluding hydrogens is 246 g/mol. The molecule has 0 saturated heterocycles. The number of hydrogen-bond donors (Lipinski definition) is 1. The molecule has 0 fully saturated rings. The van der Waals surface area contributed by atoms with Gasteiger partial charge in [-0.3, -0.25) is 9.78 Å². The number of nitrogens with one attached hydrogen (secondary N) is 1. The molecule has 0 spiro atoms. The number of amides is 1. The van der Waals surface area contributed by atoms with E-state index in [0.29, 0.717) is 11.3 Å². The minimum atomic E-state index is -0.523. The second-order valence-corrected chi connectivity index (χ2v) is 3.62. The number of aromatic nitrogens is 2. The van der Waals surface area contributed by atoms with Gasteiger partial charge in [0.25, 0.3) is 5.91 Å². The molecule has 0 radical (unpaired) electrons. The van der Waals surface area contributed by atoms with E-state index in [1.165, 1.54) is 25.6 Å². The van der Waals surface area contributed by atoms with E-state index in [9.17, 15) is 9.59 Å². The molecule has 0 aliphatic heterocycles. The van der Waals surface area contributed by atoms with Gasteiger partial charge in [0, 0.05) is 12.4 Å². The van der Waals surface area contributed by atoms with E-state index >= 15 is 0 Å². The van der Waals surface area contributed by atoms with Gasteiger partial charge >= 0.3 is 5.97 Å². The summed E-state index contributed by atoms with van der Waals surface area (Å²) in [5.74, 6) is -0.814. The van der Waals surface area contributed by atoms with Crippen molar-refractivity contribution in [1.29, 1.82) is 0 Å². The Labute approximate surface area is 109 Å². The summed E-state index contributed by atoms with van der Waals surface area (Å²) in [5.41, 5.74) is 1.11. The summed E-state index contributed by atoms with van der Waals surface area (Å²) in [6.07, 6.45) is 4.44. The van der Waals surface area contributed by atoms with Crippen LogP contribution in [0.1, 0.15) is 20.8 Å². The molecule has 2 aromatic heterocycles. The monoisotopic (exact) mass is 257 g/mol. The maximum absolute atomic E-state index is 11.8. The van der Waals surface area contributed by atoms with Crippen molar-refractivity contribution >= 4 is 17.6 Å². The van der Waals surface area contributed by atoms with Gasteiger partial charge in [0.2, 0.25) is 0 Å². The molecule has 0 bridgehead atoms. The van der Waals surface area contributed by atoms with Crippen molar-refractivity contribution in [3.63, 3.8) is 0 Å². The Bertz CT molecular complexity index is 582. The first kappa shape index (κ1) is 12.7. The van der Waals surface area contributed by atoms with Gasteiger partial charge in [-0.15, -0.1) is 0 Å². The Hall–Kier alpha value is -2.76. The van der Waals surface area contributed by atoms with Gasteiger partial charge in [0.15, 0.2) is 0 Å². The number of methoxy groups -OCH3 is 1. The molecule has 0 unspecified atom stereocenters. The van der Waals surface area contributed by atoms with Gasteiger partial charge in [-0.2, -0.15) is 0 Å². The Morgan fingerprint density at radius 1 is 1.21 bits per heavy atom. The van der Waals surface area contributed by atoms with E-state index in [1.807, 2.05) is 0 Å². The van der Waals surface area contributed by atoms with Crippen molar-refractivity contribution < 1.29 is 14.3 Å². The van der Waals surface area contributed by atoms with Crippen molar-refractivity contribution in [2.75, 3.05) is 12.4 Å². The summed E-state index contributed by atoms with van der Waals surface area (Å²) in [4.78, 5) is 30.8. The number of carbonyl (C=O) groups is 2. The van der Waals surface area contributed by atoms with E-state index in [1.54, 1.807) is 24.4 Å². The van der Waals surface area contributed by atoms with Crippen LogP contribution in [0.4, 0.5) is 5.69 Å². The van der Waals surface area contributed by atoms with Crippen molar-refractivity contribution in [3.8, 4) is 0 Å².